The van der Waals surface area contributed by atoms with Gasteiger partial charge in [-0.15, -0.1) is 0 Å². The number of rotatable bonds is 6. The van der Waals surface area contributed by atoms with Gasteiger partial charge in [0.15, 0.2) is 0 Å². The third kappa shape index (κ3) is 4.16. The number of nitrogens with one attached hydrogen (secondary N) is 1. The van der Waals surface area contributed by atoms with Crippen molar-refractivity contribution in [3.63, 3.8) is 0 Å². The summed E-state index contributed by atoms with van der Waals surface area (Å²) >= 11 is 0. The van der Waals surface area contributed by atoms with Crippen LogP contribution in [-0.2, 0) is 14.8 Å². The molecule has 3 N–H and O–H groups in total. The lowest BCUT2D eigenvalue weighted by atomic mass is 10.2. The van der Waals surface area contributed by atoms with Crippen molar-refractivity contribution in [2.45, 2.75) is 24.8 Å². The van der Waals surface area contributed by atoms with Crippen LogP contribution >= 0.6 is 0 Å². The number of anilines is 1. The molecule has 7 nitrogen and oxygen atoms in total. The number of sulfonamides is 1. The van der Waals surface area contributed by atoms with Crippen LogP contribution in [0.4, 0.5) is 5.69 Å². The van der Waals surface area contributed by atoms with E-state index < -0.39 is 22.0 Å². The largest absolute Gasteiger partial charge is 0.492 e. The Morgan fingerprint density at radius 2 is 2.05 bits per heavy atom. The number of hydrogen-bond donors (Lipinski definition) is 2. The van der Waals surface area contributed by atoms with Crippen molar-refractivity contribution in [3.8, 4) is 5.75 Å². The number of carbonyl (C=O) groups is 1. The summed E-state index contributed by atoms with van der Waals surface area (Å²) in [7, 11) is -0.825. The molecule has 0 heterocycles. The van der Waals surface area contributed by atoms with Crippen LogP contribution in [0, 0.1) is 0 Å². The number of hydrogen-bond acceptors (Lipinski definition) is 5. The van der Waals surface area contributed by atoms with E-state index in [1.54, 1.807) is 19.9 Å². The zero-order valence-electron chi connectivity index (χ0n) is 12.6. The predicted molar refractivity (Wildman–Crippen MR) is 80.8 cm³/mol. The van der Waals surface area contributed by atoms with Crippen LogP contribution in [0.2, 0.25) is 0 Å². The van der Waals surface area contributed by atoms with E-state index in [0.717, 1.165) is 4.31 Å². The molecule has 0 spiro atoms. The summed E-state index contributed by atoms with van der Waals surface area (Å²) < 4.78 is 31.0. The number of ether oxygens (including phenoxy) is 1. The highest BCUT2D eigenvalue weighted by Crippen LogP contribution is 2.29. The third-order valence-electron chi connectivity index (χ3n) is 2.68. The van der Waals surface area contributed by atoms with Gasteiger partial charge in [0.25, 0.3) is 0 Å². The maximum absolute atomic E-state index is 12.3. The molecular weight excluding hydrogens is 294 g/mol. The fourth-order valence-electron chi connectivity index (χ4n) is 1.51. The Balaban J connectivity index is 3.28. The second-order valence-electron chi connectivity index (χ2n) is 4.66. The van der Waals surface area contributed by atoms with Gasteiger partial charge in [0.2, 0.25) is 15.9 Å². The van der Waals surface area contributed by atoms with Crippen molar-refractivity contribution in [1.82, 2.24) is 4.31 Å². The highest BCUT2D eigenvalue weighted by Gasteiger charge is 2.23. The van der Waals surface area contributed by atoms with Crippen LogP contribution in [0.1, 0.15) is 13.8 Å². The first-order valence-electron chi connectivity index (χ1n) is 6.46. The Labute approximate surface area is 125 Å². The summed E-state index contributed by atoms with van der Waals surface area (Å²) in [6, 6.07) is 3.75. The summed E-state index contributed by atoms with van der Waals surface area (Å²) in [5.41, 5.74) is 5.82. The summed E-state index contributed by atoms with van der Waals surface area (Å²) in [4.78, 5) is 11.6. The van der Waals surface area contributed by atoms with Gasteiger partial charge in [-0.1, -0.05) is 0 Å². The lowest BCUT2D eigenvalue weighted by molar-refractivity contribution is -0.117. The van der Waals surface area contributed by atoms with Gasteiger partial charge in [-0.05, 0) is 32.0 Å². The van der Waals surface area contributed by atoms with E-state index in [2.05, 4.69) is 5.32 Å². The normalized spacial score (nSPS) is 13.0. The Hall–Kier alpha value is -1.64. The van der Waals surface area contributed by atoms with Crippen LogP contribution in [0.5, 0.6) is 5.75 Å². The van der Waals surface area contributed by atoms with Gasteiger partial charge >= 0.3 is 0 Å². The zero-order chi connectivity index (χ0) is 16.2. The molecule has 0 radical (unpaired) electrons. The Kier molecular flexibility index (Phi) is 5.70. The van der Waals surface area contributed by atoms with Gasteiger partial charge in [0, 0.05) is 19.8 Å². The van der Waals surface area contributed by atoms with Crippen LogP contribution < -0.4 is 15.8 Å². The topological polar surface area (TPSA) is 102 Å². The van der Waals surface area contributed by atoms with E-state index >= 15 is 0 Å². The van der Waals surface area contributed by atoms with E-state index in [4.69, 9.17) is 10.5 Å². The molecule has 0 aromatic heterocycles. The molecule has 118 valence electrons. The number of nitrogens with zero attached hydrogens (tertiary/aromatic N) is 1. The molecule has 1 atom stereocenters. The van der Waals surface area contributed by atoms with E-state index in [1.807, 2.05) is 0 Å². The average molecular weight is 315 g/mol. The van der Waals surface area contributed by atoms with Crippen LogP contribution in [0.3, 0.4) is 0 Å². The fourth-order valence-corrected chi connectivity index (χ4v) is 2.57. The molecule has 1 unspecified atom stereocenters. The first kappa shape index (κ1) is 17.4. The molecule has 21 heavy (non-hydrogen) atoms. The highest BCUT2D eigenvalue weighted by atomic mass is 32.2. The molecule has 0 saturated heterocycles. The minimum atomic E-state index is -3.68. The lowest BCUT2D eigenvalue weighted by Crippen LogP contribution is -2.32. The second-order valence-corrected chi connectivity index (χ2v) is 6.78. The third-order valence-corrected chi connectivity index (χ3v) is 4.52. The molecule has 0 fully saturated rings. The van der Waals surface area contributed by atoms with Crippen molar-refractivity contribution >= 4 is 21.6 Å². The molecule has 1 aromatic carbocycles. The molecular formula is C13H21N3O4S. The average Bonchev–Trinajstić information content (AvgIpc) is 2.40. The Morgan fingerprint density at radius 3 is 2.52 bits per heavy atom. The smallest absolute Gasteiger partial charge is 0.246 e. The van der Waals surface area contributed by atoms with Crippen molar-refractivity contribution in [3.05, 3.63) is 18.2 Å². The van der Waals surface area contributed by atoms with Crippen LogP contribution in [0.15, 0.2) is 23.1 Å². The molecule has 0 aliphatic heterocycles. The summed E-state index contributed by atoms with van der Waals surface area (Å²) in [5.74, 6) is -0.155. The first-order chi connectivity index (χ1) is 9.70. The minimum Gasteiger partial charge on any atom is -0.492 e. The van der Waals surface area contributed by atoms with E-state index in [-0.39, 0.29) is 10.6 Å². The number of benzene rings is 1. The van der Waals surface area contributed by atoms with Crippen LogP contribution in [-0.4, -0.2) is 45.4 Å². The van der Waals surface area contributed by atoms with E-state index in [9.17, 15) is 13.2 Å². The van der Waals surface area contributed by atoms with Gasteiger partial charge in [0.05, 0.1) is 12.6 Å². The Bertz CT molecular complexity index is 612. The summed E-state index contributed by atoms with van der Waals surface area (Å²) in [6.45, 7) is 3.64. The summed E-state index contributed by atoms with van der Waals surface area (Å²) in [6.07, 6.45) is 0. The SMILES string of the molecule is CCOc1ccc(NC(=O)C(C)N)cc1S(=O)(=O)N(C)C. The molecule has 1 aromatic rings. The predicted octanol–water partition coefficient (Wildman–Crippen LogP) is 0.621. The molecule has 1 amide bonds. The standard InChI is InChI=1S/C13H21N3O4S/c1-5-20-11-7-6-10(15-13(17)9(2)14)8-12(11)21(18,19)16(3)4/h6-9H,5,14H2,1-4H3,(H,15,17). The molecule has 0 aliphatic carbocycles. The fraction of sp³-hybridized carbons (Fsp3) is 0.462. The van der Waals surface area contributed by atoms with Crippen molar-refractivity contribution in [1.29, 1.82) is 0 Å². The van der Waals surface area contributed by atoms with Crippen LogP contribution in [0.25, 0.3) is 0 Å². The van der Waals surface area contributed by atoms with Gasteiger partial charge < -0.3 is 15.8 Å². The number of carbonyl (C=O) groups excluding carboxylic acids is 1. The quantitative estimate of drug-likeness (QED) is 0.801. The monoisotopic (exact) mass is 315 g/mol. The Morgan fingerprint density at radius 1 is 1.43 bits per heavy atom. The molecule has 0 bridgehead atoms. The highest BCUT2D eigenvalue weighted by molar-refractivity contribution is 7.89. The maximum atomic E-state index is 12.3. The van der Waals surface area contributed by atoms with Gasteiger partial charge in [-0.3, -0.25) is 4.79 Å². The second kappa shape index (κ2) is 6.88. The zero-order valence-corrected chi connectivity index (χ0v) is 13.4. The number of amides is 1. The molecule has 0 aliphatic rings. The molecule has 0 saturated carbocycles. The minimum absolute atomic E-state index is 0.00294. The van der Waals surface area contributed by atoms with Crippen molar-refractivity contribution in [2.75, 3.05) is 26.0 Å². The summed E-state index contributed by atoms with van der Waals surface area (Å²) in [5, 5.41) is 2.56. The van der Waals surface area contributed by atoms with E-state index in [0.29, 0.717) is 12.3 Å². The van der Waals surface area contributed by atoms with Gasteiger partial charge in [-0.2, -0.15) is 0 Å². The molecule has 1 rings (SSSR count). The van der Waals surface area contributed by atoms with E-state index in [1.165, 1.54) is 26.2 Å². The lowest BCUT2D eigenvalue weighted by Gasteiger charge is -2.17. The van der Waals surface area contributed by atoms with Gasteiger partial charge in [-0.25, -0.2) is 12.7 Å². The number of nitrogens with two attached hydrogens (primary N) is 1. The first-order valence-corrected chi connectivity index (χ1v) is 7.90. The maximum Gasteiger partial charge on any atom is 0.246 e. The van der Waals surface area contributed by atoms with Crippen molar-refractivity contribution in [2.24, 2.45) is 5.73 Å². The van der Waals surface area contributed by atoms with Crippen molar-refractivity contribution < 1.29 is 17.9 Å². The molecule has 8 heteroatoms. The van der Waals surface area contributed by atoms with Gasteiger partial charge in [0.1, 0.15) is 10.6 Å².